The summed E-state index contributed by atoms with van der Waals surface area (Å²) in [5.41, 5.74) is 6.18. The van der Waals surface area contributed by atoms with E-state index in [1.54, 1.807) is 45.0 Å². The maximum absolute atomic E-state index is 12.5. The summed E-state index contributed by atoms with van der Waals surface area (Å²) in [6, 6.07) is 5.23. The third-order valence-corrected chi connectivity index (χ3v) is 5.21. The third-order valence-electron chi connectivity index (χ3n) is 5.21. The van der Waals surface area contributed by atoms with Gasteiger partial charge in [0, 0.05) is 23.1 Å². The fourth-order valence-corrected chi connectivity index (χ4v) is 3.14. The van der Waals surface area contributed by atoms with E-state index in [4.69, 9.17) is 5.73 Å². The van der Waals surface area contributed by atoms with E-state index < -0.39 is 28.9 Å². The van der Waals surface area contributed by atoms with E-state index in [-0.39, 0.29) is 47.8 Å². The number of nitrogens with zero attached hydrogens (tertiary/aromatic N) is 3. The lowest BCUT2D eigenvalue weighted by atomic mass is 9.87. The zero-order valence-corrected chi connectivity index (χ0v) is 19.6. The van der Waals surface area contributed by atoms with Gasteiger partial charge in [-0.05, 0) is 30.7 Å². The molecular weight excluding hydrogens is 454 g/mol. The number of carbonyl (C=O) groups is 3. The molecule has 0 aliphatic carbocycles. The molecule has 0 bridgehead atoms. The molecule has 6 N–H and O–H groups in total. The molecule has 12 heteroatoms. The number of aliphatic carboxylic acids is 1. The van der Waals surface area contributed by atoms with Crippen LogP contribution < -0.4 is 21.9 Å². The first-order valence-electron chi connectivity index (χ1n) is 10.9. The predicted octanol–water partition coefficient (Wildman–Crippen LogP) is 1.49. The van der Waals surface area contributed by atoms with Gasteiger partial charge in [-0.25, -0.2) is 14.8 Å². The average molecular weight is 482 g/mol. The van der Waals surface area contributed by atoms with Gasteiger partial charge in [-0.1, -0.05) is 20.8 Å². The first-order chi connectivity index (χ1) is 16.4. The Hall–Kier alpha value is -4.35. The smallest absolute Gasteiger partial charge is 0.326 e. The summed E-state index contributed by atoms with van der Waals surface area (Å²) in [5.74, 6) is -1.88. The molecule has 0 saturated carbocycles. The fraction of sp³-hybridized carbons (Fsp3) is 0.348. The number of nitrogen functional groups attached to an aromatic ring is 1. The molecule has 1 aromatic carbocycles. The first kappa shape index (κ1) is 25.3. The number of amides is 1. The third kappa shape index (κ3) is 6.59. The van der Waals surface area contributed by atoms with Crippen molar-refractivity contribution < 1.29 is 19.5 Å². The molecule has 0 spiro atoms. The summed E-state index contributed by atoms with van der Waals surface area (Å²) in [4.78, 5) is 62.6. The number of aromatic amines is 1. The van der Waals surface area contributed by atoms with Gasteiger partial charge in [0.2, 0.25) is 5.95 Å². The summed E-state index contributed by atoms with van der Waals surface area (Å²) < 4.78 is 0. The van der Waals surface area contributed by atoms with E-state index in [0.29, 0.717) is 11.4 Å². The van der Waals surface area contributed by atoms with Crippen molar-refractivity contribution in [1.29, 1.82) is 0 Å². The van der Waals surface area contributed by atoms with Gasteiger partial charge in [0.1, 0.15) is 11.8 Å². The maximum Gasteiger partial charge on any atom is 0.326 e. The number of aromatic nitrogens is 4. The van der Waals surface area contributed by atoms with Crippen molar-refractivity contribution >= 4 is 40.5 Å². The second kappa shape index (κ2) is 10.3. The van der Waals surface area contributed by atoms with E-state index >= 15 is 0 Å². The minimum absolute atomic E-state index is 0.00991. The predicted molar refractivity (Wildman–Crippen MR) is 129 cm³/mol. The van der Waals surface area contributed by atoms with Crippen LogP contribution in [0.2, 0.25) is 0 Å². The maximum atomic E-state index is 12.5. The lowest BCUT2D eigenvalue weighted by Crippen LogP contribution is -2.41. The molecule has 0 aliphatic rings. The highest BCUT2D eigenvalue weighted by Crippen LogP contribution is 2.19. The van der Waals surface area contributed by atoms with Crippen LogP contribution in [0.4, 0.5) is 11.6 Å². The van der Waals surface area contributed by atoms with Gasteiger partial charge in [0.05, 0.1) is 18.4 Å². The van der Waals surface area contributed by atoms with Crippen molar-refractivity contribution in [1.82, 2.24) is 25.3 Å². The lowest BCUT2D eigenvalue weighted by molar-refractivity contribution is -0.139. The van der Waals surface area contributed by atoms with Crippen molar-refractivity contribution in [3.05, 3.63) is 52.1 Å². The number of hydrogen-bond donors (Lipinski definition) is 5. The van der Waals surface area contributed by atoms with E-state index in [2.05, 4.69) is 30.6 Å². The Morgan fingerprint density at radius 3 is 2.46 bits per heavy atom. The number of Topliss-reactive ketones (excluding diaryl/α,β-unsaturated/α-hetero) is 1. The minimum Gasteiger partial charge on any atom is -0.480 e. The number of carbonyl (C=O) groups excluding carboxylic acids is 2. The molecule has 0 radical (unpaired) electrons. The highest BCUT2D eigenvalue weighted by molar-refractivity contribution is 5.97. The van der Waals surface area contributed by atoms with Gasteiger partial charge in [-0.15, -0.1) is 0 Å². The highest BCUT2D eigenvalue weighted by Gasteiger charge is 2.26. The molecule has 3 rings (SSSR count). The Bertz CT molecular complexity index is 1310. The SMILES string of the molecule is CC(C)(C)C(=O)CCC(NC(=O)c1ccc(NCc2cnc3c(=O)[nH]c(N)nc3n2)cc1)C(=O)O. The van der Waals surface area contributed by atoms with Crippen LogP contribution in [0.5, 0.6) is 0 Å². The number of rotatable bonds is 9. The molecule has 35 heavy (non-hydrogen) atoms. The number of fused-ring (bicyclic) bond motifs is 1. The first-order valence-corrected chi connectivity index (χ1v) is 10.9. The number of carboxylic acid groups (broad SMARTS) is 1. The number of nitrogens with two attached hydrogens (primary N) is 1. The molecule has 3 aromatic rings. The molecule has 0 fully saturated rings. The second-order valence-electron chi connectivity index (χ2n) is 8.99. The molecule has 1 atom stereocenters. The Balaban J connectivity index is 1.60. The van der Waals surface area contributed by atoms with Gasteiger partial charge in [0.15, 0.2) is 11.2 Å². The monoisotopic (exact) mass is 481 g/mol. The Labute approximate surface area is 200 Å². The normalized spacial score (nSPS) is 12.2. The lowest BCUT2D eigenvalue weighted by Gasteiger charge is -2.19. The molecule has 184 valence electrons. The quantitative estimate of drug-likeness (QED) is 0.299. The zero-order chi connectivity index (χ0) is 25.8. The number of H-pyrrole nitrogens is 1. The van der Waals surface area contributed by atoms with Gasteiger partial charge < -0.3 is 21.5 Å². The molecule has 0 saturated heterocycles. The number of carboxylic acids is 1. The highest BCUT2D eigenvalue weighted by atomic mass is 16.4. The summed E-state index contributed by atoms with van der Waals surface area (Å²) in [6.07, 6.45) is 1.51. The molecular formula is C23H27N7O5. The van der Waals surface area contributed by atoms with Crippen LogP contribution in [-0.4, -0.2) is 48.7 Å². The van der Waals surface area contributed by atoms with Gasteiger partial charge in [-0.3, -0.25) is 19.4 Å². The van der Waals surface area contributed by atoms with Crippen LogP contribution >= 0.6 is 0 Å². The van der Waals surface area contributed by atoms with Crippen LogP contribution in [0, 0.1) is 5.41 Å². The zero-order valence-electron chi connectivity index (χ0n) is 19.6. The summed E-state index contributed by atoms with van der Waals surface area (Å²) in [7, 11) is 0. The molecule has 12 nitrogen and oxygen atoms in total. The topological polar surface area (TPSA) is 193 Å². The number of hydrogen-bond acceptors (Lipinski definition) is 9. The van der Waals surface area contributed by atoms with Crippen molar-refractivity contribution in [2.45, 2.75) is 46.2 Å². The van der Waals surface area contributed by atoms with Crippen LogP contribution in [0.1, 0.15) is 49.7 Å². The summed E-state index contributed by atoms with van der Waals surface area (Å²) in [5, 5.41) is 15.0. The van der Waals surface area contributed by atoms with Crippen LogP contribution in [-0.2, 0) is 16.1 Å². The van der Waals surface area contributed by atoms with Gasteiger partial charge in [0.25, 0.3) is 11.5 Å². The van der Waals surface area contributed by atoms with Crippen molar-refractivity contribution in [3.8, 4) is 0 Å². The summed E-state index contributed by atoms with van der Waals surface area (Å²) in [6.45, 7) is 5.56. The standard InChI is InChI=1S/C23H27N7O5/c1-23(2,3)16(31)9-8-15(21(34)35)28-19(32)12-4-6-13(7-5-12)25-10-14-11-26-17-18(27-14)29-22(24)30-20(17)33/h4-7,11,15,25H,8-10H2,1-3H3,(H,28,32)(H,34,35)(H3,24,27,29,30,33). The van der Waals surface area contributed by atoms with Crippen LogP contribution in [0.15, 0.2) is 35.3 Å². The number of benzene rings is 1. The molecule has 2 aromatic heterocycles. The van der Waals surface area contributed by atoms with E-state index in [9.17, 15) is 24.3 Å². The minimum atomic E-state index is -1.20. The molecule has 0 aliphatic heterocycles. The Kier molecular flexibility index (Phi) is 7.43. The average Bonchev–Trinajstić information content (AvgIpc) is 2.79. The van der Waals surface area contributed by atoms with Crippen LogP contribution in [0.3, 0.4) is 0 Å². The Morgan fingerprint density at radius 2 is 1.83 bits per heavy atom. The molecule has 2 heterocycles. The number of anilines is 2. The fourth-order valence-electron chi connectivity index (χ4n) is 3.14. The molecule has 1 amide bonds. The summed E-state index contributed by atoms with van der Waals surface area (Å²) >= 11 is 0. The van der Waals surface area contributed by atoms with Crippen molar-refractivity contribution in [3.63, 3.8) is 0 Å². The van der Waals surface area contributed by atoms with Gasteiger partial charge >= 0.3 is 5.97 Å². The van der Waals surface area contributed by atoms with Gasteiger partial charge in [-0.2, -0.15) is 4.98 Å². The Morgan fingerprint density at radius 1 is 1.14 bits per heavy atom. The van der Waals surface area contributed by atoms with E-state index in [0.717, 1.165) is 0 Å². The number of nitrogens with one attached hydrogen (secondary N) is 3. The van der Waals surface area contributed by atoms with Crippen molar-refractivity contribution in [2.24, 2.45) is 5.41 Å². The number of ketones is 1. The molecule has 1 unspecified atom stereocenters. The second-order valence-corrected chi connectivity index (χ2v) is 8.99. The van der Waals surface area contributed by atoms with E-state index in [1.807, 2.05) is 0 Å². The van der Waals surface area contributed by atoms with Crippen LogP contribution in [0.25, 0.3) is 11.2 Å². The van der Waals surface area contributed by atoms with Crippen molar-refractivity contribution in [2.75, 3.05) is 11.1 Å². The largest absolute Gasteiger partial charge is 0.480 e. The van der Waals surface area contributed by atoms with E-state index in [1.165, 1.54) is 6.20 Å².